The van der Waals surface area contributed by atoms with Crippen LogP contribution in [0.15, 0.2) is 36.4 Å². The quantitative estimate of drug-likeness (QED) is 0.866. The normalized spacial score (nSPS) is 13.4. The molecule has 0 unspecified atom stereocenters. The molecule has 148 valence electrons. The molecule has 0 atom stereocenters. The van der Waals surface area contributed by atoms with Crippen molar-refractivity contribution in [3.05, 3.63) is 58.7 Å². The number of nitrogens with one attached hydrogen (secondary N) is 1. The number of aryl methyl sites for hydroxylation is 4. The van der Waals surface area contributed by atoms with E-state index in [4.69, 9.17) is 0 Å². The first-order chi connectivity index (χ1) is 13.3. The lowest BCUT2D eigenvalue weighted by atomic mass is 10.0. The summed E-state index contributed by atoms with van der Waals surface area (Å²) in [6, 6.07) is 12.2. The third kappa shape index (κ3) is 4.60. The predicted molar refractivity (Wildman–Crippen MR) is 114 cm³/mol. The second-order valence-corrected chi connectivity index (χ2v) is 7.77. The van der Waals surface area contributed by atoms with Crippen LogP contribution in [0.3, 0.4) is 0 Å². The standard InChI is InChI=1S/C23H29N3O2/c1-16-12-17(2)23(18(3)13-16)24-21(27)14-25(4)15-22(28)26-11-7-9-19-8-5-6-10-20(19)26/h5-6,8,10,12-13H,7,9,11,14-15H2,1-4H3,(H,24,27). The zero-order chi connectivity index (χ0) is 20.3. The van der Waals surface area contributed by atoms with Crippen LogP contribution in [0, 0.1) is 20.8 Å². The van der Waals surface area contributed by atoms with Crippen LogP contribution in [0.1, 0.15) is 28.7 Å². The molecule has 0 bridgehead atoms. The molecule has 2 amide bonds. The van der Waals surface area contributed by atoms with E-state index in [1.54, 1.807) is 4.90 Å². The van der Waals surface area contributed by atoms with Crippen molar-refractivity contribution >= 4 is 23.2 Å². The van der Waals surface area contributed by atoms with Crippen LogP contribution < -0.4 is 10.2 Å². The first-order valence-corrected chi connectivity index (χ1v) is 9.79. The molecule has 0 saturated heterocycles. The summed E-state index contributed by atoms with van der Waals surface area (Å²) in [6.07, 6.45) is 1.98. The number of carbonyl (C=O) groups is 2. The van der Waals surface area contributed by atoms with Gasteiger partial charge >= 0.3 is 0 Å². The minimum Gasteiger partial charge on any atom is -0.324 e. The van der Waals surface area contributed by atoms with Gasteiger partial charge in [0, 0.05) is 17.9 Å². The molecule has 0 spiro atoms. The molecule has 1 heterocycles. The molecule has 5 nitrogen and oxygen atoms in total. The highest BCUT2D eigenvalue weighted by Crippen LogP contribution is 2.26. The minimum absolute atomic E-state index is 0.0325. The first kappa shape index (κ1) is 20.1. The number of hydrogen-bond donors (Lipinski definition) is 1. The third-order valence-corrected chi connectivity index (χ3v) is 5.17. The number of carbonyl (C=O) groups excluding carboxylic acids is 2. The molecule has 2 aromatic rings. The van der Waals surface area contributed by atoms with E-state index in [0.717, 1.165) is 41.9 Å². The molecule has 1 aliphatic heterocycles. The van der Waals surface area contributed by atoms with Gasteiger partial charge in [-0.05, 0) is 63.4 Å². The van der Waals surface area contributed by atoms with Crippen molar-refractivity contribution in [2.75, 3.05) is 36.9 Å². The lowest BCUT2D eigenvalue weighted by molar-refractivity contribution is -0.121. The molecule has 0 aliphatic carbocycles. The Morgan fingerprint density at radius 3 is 2.46 bits per heavy atom. The molecular formula is C23H29N3O2. The Labute approximate surface area is 167 Å². The van der Waals surface area contributed by atoms with Crippen molar-refractivity contribution < 1.29 is 9.59 Å². The Morgan fingerprint density at radius 1 is 1.07 bits per heavy atom. The molecule has 2 aromatic carbocycles. The average Bonchev–Trinajstić information content (AvgIpc) is 2.64. The fraction of sp³-hybridized carbons (Fsp3) is 0.391. The minimum atomic E-state index is -0.107. The topological polar surface area (TPSA) is 52.7 Å². The maximum atomic E-state index is 12.8. The molecule has 5 heteroatoms. The number of anilines is 2. The van der Waals surface area contributed by atoms with Crippen LogP contribution in [-0.4, -0.2) is 43.4 Å². The highest BCUT2D eigenvalue weighted by Gasteiger charge is 2.23. The molecule has 0 aromatic heterocycles. The molecule has 0 saturated carbocycles. The number of likely N-dealkylation sites (N-methyl/N-ethyl adjacent to an activating group) is 1. The molecule has 3 rings (SSSR count). The van der Waals surface area contributed by atoms with Gasteiger partial charge in [-0.2, -0.15) is 0 Å². The fourth-order valence-electron chi connectivity index (χ4n) is 3.97. The van der Waals surface area contributed by atoms with Crippen LogP contribution in [-0.2, 0) is 16.0 Å². The second kappa shape index (κ2) is 8.57. The summed E-state index contributed by atoms with van der Waals surface area (Å²) in [5.41, 5.74) is 6.36. The van der Waals surface area contributed by atoms with Crippen molar-refractivity contribution in [2.24, 2.45) is 0 Å². The second-order valence-electron chi connectivity index (χ2n) is 7.77. The molecule has 1 aliphatic rings. The summed E-state index contributed by atoms with van der Waals surface area (Å²) in [5.74, 6) is -0.0745. The average molecular weight is 380 g/mol. The van der Waals surface area contributed by atoms with Crippen LogP contribution in [0.25, 0.3) is 0 Å². The summed E-state index contributed by atoms with van der Waals surface area (Å²) in [6.45, 7) is 7.16. The van der Waals surface area contributed by atoms with E-state index >= 15 is 0 Å². The van der Waals surface area contributed by atoms with Gasteiger partial charge in [-0.25, -0.2) is 0 Å². The van der Waals surface area contributed by atoms with E-state index in [9.17, 15) is 9.59 Å². The molecular weight excluding hydrogens is 350 g/mol. The van der Waals surface area contributed by atoms with E-state index in [1.807, 2.05) is 50.9 Å². The van der Waals surface area contributed by atoms with Gasteiger partial charge in [0.1, 0.15) is 0 Å². The summed E-state index contributed by atoms with van der Waals surface area (Å²) in [5, 5.41) is 3.00. The van der Waals surface area contributed by atoms with E-state index in [0.29, 0.717) is 0 Å². The number of para-hydroxylation sites is 1. The van der Waals surface area contributed by atoms with Gasteiger partial charge in [-0.1, -0.05) is 35.9 Å². The van der Waals surface area contributed by atoms with Crippen molar-refractivity contribution in [2.45, 2.75) is 33.6 Å². The van der Waals surface area contributed by atoms with Crippen LogP contribution >= 0.6 is 0 Å². The Balaban J connectivity index is 1.59. The Bertz CT molecular complexity index is 868. The van der Waals surface area contributed by atoms with Crippen LogP contribution in [0.5, 0.6) is 0 Å². The summed E-state index contributed by atoms with van der Waals surface area (Å²) in [4.78, 5) is 28.9. The van der Waals surface area contributed by atoms with Crippen molar-refractivity contribution in [1.29, 1.82) is 0 Å². The monoisotopic (exact) mass is 379 g/mol. The molecule has 1 N–H and O–H groups in total. The van der Waals surface area contributed by atoms with E-state index < -0.39 is 0 Å². The zero-order valence-corrected chi connectivity index (χ0v) is 17.2. The molecule has 0 radical (unpaired) electrons. The van der Waals surface area contributed by atoms with Gasteiger partial charge in [-0.15, -0.1) is 0 Å². The van der Waals surface area contributed by atoms with Gasteiger partial charge in [0.2, 0.25) is 11.8 Å². The number of rotatable bonds is 5. The predicted octanol–water partition coefficient (Wildman–Crippen LogP) is 3.46. The number of hydrogen-bond acceptors (Lipinski definition) is 3. The summed E-state index contributed by atoms with van der Waals surface area (Å²) < 4.78 is 0. The summed E-state index contributed by atoms with van der Waals surface area (Å²) in [7, 11) is 1.81. The number of amides is 2. The maximum Gasteiger partial charge on any atom is 0.241 e. The van der Waals surface area contributed by atoms with Crippen LogP contribution in [0.2, 0.25) is 0 Å². The van der Waals surface area contributed by atoms with Gasteiger partial charge in [0.15, 0.2) is 0 Å². The van der Waals surface area contributed by atoms with Crippen molar-refractivity contribution in [1.82, 2.24) is 4.90 Å². The number of benzene rings is 2. The fourth-order valence-corrected chi connectivity index (χ4v) is 3.97. The van der Waals surface area contributed by atoms with Gasteiger partial charge in [0.25, 0.3) is 0 Å². The first-order valence-electron chi connectivity index (χ1n) is 9.79. The zero-order valence-electron chi connectivity index (χ0n) is 17.2. The Kier molecular flexibility index (Phi) is 6.15. The number of nitrogens with zero attached hydrogens (tertiary/aromatic N) is 2. The lowest BCUT2D eigenvalue weighted by Crippen LogP contribution is -2.43. The largest absolute Gasteiger partial charge is 0.324 e. The van der Waals surface area contributed by atoms with Crippen LogP contribution in [0.4, 0.5) is 11.4 Å². The van der Waals surface area contributed by atoms with Gasteiger partial charge in [0.05, 0.1) is 13.1 Å². The highest BCUT2D eigenvalue weighted by molar-refractivity contribution is 5.97. The SMILES string of the molecule is Cc1cc(C)c(NC(=O)CN(C)CC(=O)N2CCCc3ccccc32)c(C)c1. The lowest BCUT2D eigenvalue weighted by Gasteiger charge is -2.30. The van der Waals surface area contributed by atoms with Gasteiger partial charge < -0.3 is 10.2 Å². The third-order valence-electron chi connectivity index (χ3n) is 5.17. The smallest absolute Gasteiger partial charge is 0.241 e. The Hall–Kier alpha value is -2.66. The molecule has 28 heavy (non-hydrogen) atoms. The molecule has 0 fully saturated rings. The Morgan fingerprint density at radius 2 is 1.75 bits per heavy atom. The van der Waals surface area contributed by atoms with E-state index in [2.05, 4.69) is 23.5 Å². The van der Waals surface area contributed by atoms with E-state index in [1.165, 1.54) is 11.1 Å². The van der Waals surface area contributed by atoms with Gasteiger partial charge in [-0.3, -0.25) is 14.5 Å². The van der Waals surface area contributed by atoms with Crippen molar-refractivity contribution in [3.8, 4) is 0 Å². The van der Waals surface area contributed by atoms with Crippen molar-refractivity contribution in [3.63, 3.8) is 0 Å². The van der Waals surface area contributed by atoms with E-state index in [-0.39, 0.29) is 24.9 Å². The number of fused-ring (bicyclic) bond motifs is 1. The highest BCUT2D eigenvalue weighted by atomic mass is 16.2. The summed E-state index contributed by atoms with van der Waals surface area (Å²) >= 11 is 0. The maximum absolute atomic E-state index is 12.8.